The largest absolute Gasteiger partial charge is 0.368 e. The molecular weight excluding hydrogens is 372 g/mol. The van der Waals surface area contributed by atoms with E-state index < -0.39 is 22.3 Å². The molecule has 3 N–H and O–H groups in total. The van der Waals surface area contributed by atoms with Gasteiger partial charge in [0.05, 0.1) is 4.92 Å². The van der Waals surface area contributed by atoms with Crippen LogP contribution in [0.1, 0.15) is 43.5 Å². The van der Waals surface area contributed by atoms with Gasteiger partial charge in [0.2, 0.25) is 5.91 Å². The zero-order chi connectivity index (χ0) is 19.8. The molecule has 144 valence electrons. The highest BCUT2D eigenvalue weighted by Gasteiger charge is 2.80. The molecule has 9 heteroatoms. The molecule has 2 amide bonds. The Labute approximate surface area is 161 Å². The molecule has 2 saturated carbocycles. The number of nitro groups is 1. The van der Waals surface area contributed by atoms with E-state index in [1.54, 1.807) is 5.01 Å². The highest BCUT2D eigenvalue weighted by atomic mass is 35.5. The number of halogens is 1. The van der Waals surface area contributed by atoms with Crippen LogP contribution in [0, 0.1) is 26.9 Å². The molecule has 4 atom stereocenters. The molecule has 8 nitrogen and oxygen atoms in total. The number of nitro benzene ring substituents is 1. The van der Waals surface area contributed by atoms with Crippen molar-refractivity contribution in [1.29, 1.82) is 0 Å². The third-order valence-corrected chi connectivity index (χ3v) is 7.93. The van der Waals surface area contributed by atoms with Gasteiger partial charge < -0.3 is 5.73 Å². The van der Waals surface area contributed by atoms with Crippen molar-refractivity contribution in [2.45, 2.75) is 38.6 Å². The first-order chi connectivity index (χ1) is 12.6. The predicted molar refractivity (Wildman–Crippen MR) is 97.8 cm³/mol. The molecule has 4 unspecified atom stereocenters. The number of amides is 2. The van der Waals surface area contributed by atoms with Crippen molar-refractivity contribution in [1.82, 2.24) is 10.4 Å². The molecule has 4 bridgehead atoms. The molecule has 1 aromatic carbocycles. The first kappa shape index (κ1) is 18.2. The molecule has 3 fully saturated rings. The highest BCUT2D eigenvalue weighted by molar-refractivity contribution is 6.32. The van der Waals surface area contributed by atoms with E-state index in [4.69, 9.17) is 17.3 Å². The minimum atomic E-state index is -0.932. The smallest absolute Gasteiger partial charge is 0.288 e. The molecule has 1 aromatic rings. The van der Waals surface area contributed by atoms with Crippen LogP contribution in [-0.4, -0.2) is 33.8 Å². The lowest BCUT2D eigenvalue weighted by atomic mass is 9.65. The molecule has 4 rings (SSSR count). The Bertz CT molecular complexity index is 892. The van der Waals surface area contributed by atoms with Gasteiger partial charge in [-0.25, -0.2) is 5.01 Å². The minimum absolute atomic E-state index is 0.0392. The van der Waals surface area contributed by atoms with Crippen molar-refractivity contribution >= 4 is 29.1 Å². The van der Waals surface area contributed by atoms with Crippen LogP contribution in [0.25, 0.3) is 0 Å². The fourth-order valence-corrected chi connectivity index (χ4v) is 6.09. The van der Waals surface area contributed by atoms with Gasteiger partial charge in [0.15, 0.2) is 0 Å². The van der Waals surface area contributed by atoms with E-state index in [0.717, 1.165) is 18.9 Å². The molecule has 2 aliphatic carbocycles. The van der Waals surface area contributed by atoms with Gasteiger partial charge in [-0.3, -0.25) is 25.1 Å². The quantitative estimate of drug-likeness (QED) is 0.601. The van der Waals surface area contributed by atoms with Crippen LogP contribution in [0.4, 0.5) is 5.69 Å². The number of nitrogens with zero attached hydrogens (tertiary/aromatic N) is 2. The maximum atomic E-state index is 12.8. The molecule has 1 heterocycles. The van der Waals surface area contributed by atoms with Crippen molar-refractivity contribution in [3.63, 3.8) is 0 Å². The van der Waals surface area contributed by atoms with Crippen molar-refractivity contribution in [3.8, 4) is 0 Å². The summed E-state index contributed by atoms with van der Waals surface area (Å²) >= 11 is 5.82. The van der Waals surface area contributed by atoms with Crippen LogP contribution in [0.15, 0.2) is 18.2 Å². The lowest BCUT2D eigenvalue weighted by Crippen LogP contribution is -2.66. The SMILES string of the molecule is CC12CN(NC(=O)c3ccc(Cl)c([N+](=O)[O-])c3)C3(C(N)=O)CC1CCC23C. The average Bonchev–Trinajstić information content (AvgIpc) is 3.03. The third-order valence-electron chi connectivity index (χ3n) is 7.61. The lowest BCUT2D eigenvalue weighted by molar-refractivity contribution is -0.384. The maximum Gasteiger partial charge on any atom is 0.288 e. The maximum absolute atomic E-state index is 12.8. The Morgan fingerprint density at radius 3 is 2.70 bits per heavy atom. The fourth-order valence-electron chi connectivity index (χ4n) is 5.90. The number of hydrazine groups is 1. The number of carbonyl (C=O) groups excluding carboxylic acids is 2. The van der Waals surface area contributed by atoms with Crippen LogP contribution in [0.3, 0.4) is 0 Å². The number of hydrogen-bond acceptors (Lipinski definition) is 5. The van der Waals surface area contributed by atoms with Gasteiger partial charge in [-0.1, -0.05) is 25.4 Å². The summed E-state index contributed by atoms with van der Waals surface area (Å²) < 4.78 is 0. The van der Waals surface area contributed by atoms with Gasteiger partial charge in [-0.15, -0.1) is 0 Å². The Kier molecular flexibility index (Phi) is 3.65. The molecule has 0 aromatic heterocycles. The molecule has 1 aliphatic heterocycles. The summed E-state index contributed by atoms with van der Waals surface area (Å²) in [4.78, 5) is 35.8. The first-order valence-corrected chi connectivity index (χ1v) is 9.27. The topological polar surface area (TPSA) is 119 Å². The van der Waals surface area contributed by atoms with E-state index in [9.17, 15) is 19.7 Å². The Morgan fingerprint density at radius 1 is 1.41 bits per heavy atom. The second kappa shape index (κ2) is 5.42. The molecule has 27 heavy (non-hydrogen) atoms. The summed E-state index contributed by atoms with van der Waals surface area (Å²) in [6.45, 7) is 4.78. The van der Waals surface area contributed by atoms with E-state index in [1.165, 1.54) is 12.1 Å². The highest BCUT2D eigenvalue weighted by Crippen LogP contribution is 2.75. The number of carbonyl (C=O) groups is 2. The molecule has 0 spiro atoms. The van der Waals surface area contributed by atoms with Gasteiger partial charge >= 0.3 is 0 Å². The number of nitrogens with one attached hydrogen (secondary N) is 1. The number of hydrogen-bond donors (Lipinski definition) is 2. The van der Waals surface area contributed by atoms with Gasteiger partial charge in [-0.05, 0) is 42.7 Å². The molecule has 1 saturated heterocycles. The molecule has 0 radical (unpaired) electrons. The van der Waals surface area contributed by atoms with Gasteiger partial charge in [-0.2, -0.15) is 0 Å². The van der Waals surface area contributed by atoms with Crippen LogP contribution in [0.2, 0.25) is 5.02 Å². The minimum Gasteiger partial charge on any atom is -0.368 e. The number of primary amides is 1. The van der Waals surface area contributed by atoms with Crippen molar-refractivity contribution in [2.24, 2.45) is 22.5 Å². The number of benzene rings is 1. The average molecular weight is 393 g/mol. The van der Waals surface area contributed by atoms with E-state index in [1.807, 2.05) is 0 Å². The lowest BCUT2D eigenvalue weighted by Gasteiger charge is -2.45. The Balaban J connectivity index is 1.66. The van der Waals surface area contributed by atoms with Crippen LogP contribution >= 0.6 is 11.6 Å². The van der Waals surface area contributed by atoms with E-state index in [2.05, 4.69) is 19.3 Å². The zero-order valence-electron chi connectivity index (χ0n) is 15.1. The van der Waals surface area contributed by atoms with Gasteiger partial charge in [0.25, 0.3) is 11.6 Å². The summed E-state index contributed by atoms with van der Waals surface area (Å²) in [6.07, 6.45) is 2.57. The van der Waals surface area contributed by atoms with E-state index in [0.29, 0.717) is 18.9 Å². The molecular formula is C18H21ClN4O4. The van der Waals surface area contributed by atoms with E-state index in [-0.39, 0.29) is 27.1 Å². The van der Waals surface area contributed by atoms with Crippen LogP contribution in [0.5, 0.6) is 0 Å². The number of nitrogens with two attached hydrogens (primary N) is 1. The third kappa shape index (κ3) is 2.02. The van der Waals surface area contributed by atoms with Gasteiger partial charge in [0.1, 0.15) is 10.6 Å². The molecule has 3 aliphatic rings. The van der Waals surface area contributed by atoms with Crippen molar-refractivity contribution < 1.29 is 14.5 Å². The summed E-state index contributed by atoms with van der Waals surface area (Å²) in [5.41, 5.74) is 7.06. The number of rotatable bonds is 4. The second-order valence-electron chi connectivity index (χ2n) is 8.36. The predicted octanol–water partition coefficient (Wildman–Crippen LogP) is 2.26. The van der Waals surface area contributed by atoms with Crippen LogP contribution < -0.4 is 11.2 Å². The normalized spacial score (nSPS) is 36.8. The van der Waals surface area contributed by atoms with Crippen LogP contribution in [-0.2, 0) is 4.79 Å². The monoisotopic (exact) mass is 392 g/mol. The Hall–Kier alpha value is -2.19. The summed E-state index contributed by atoms with van der Waals surface area (Å²) in [6, 6.07) is 3.88. The van der Waals surface area contributed by atoms with Crippen molar-refractivity contribution in [2.75, 3.05) is 6.54 Å². The van der Waals surface area contributed by atoms with Gasteiger partial charge in [0, 0.05) is 23.6 Å². The summed E-state index contributed by atoms with van der Waals surface area (Å²) in [5, 5.41) is 12.7. The standard InChI is InChI=1S/C18H21ClN4O4/c1-16-9-22(18(15(20)25)8-11(16)5-6-17(16,18)2)21-14(24)10-3-4-12(19)13(7-10)23(26)27/h3-4,7,11H,5-6,8-9H2,1-2H3,(H2,20,25)(H,21,24). The zero-order valence-corrected chi connectivity index (χ0v) is 15.9. The summed E-state index contributed by atoms with van der Waals surface area (Å²) in [5.74, 6) is -0.552. The second-order valence-corrected chi connectivity index (χ2v) is 8.77. The summed E-state index contributed by atoms with van der Waals surface area (Å²) in [7, 11) is 0. The Morgan fingerprint density at radius 2 is 2.11 bits per heavy atom. The van der Waals surface area contributed by atoms with E-state index >= 15 is 0 Å². The first-order valence-electron chi connectivity index (χ1n) is 8.89. The number of piperidine rings is 1. The van der Waals surface area contributed by atoms with Crippen molar-refractivity contribution in [3.05, 3.63) is 38.9 Å². The fraction of sp³-hybridized carbons (Fsp3) is 0.556.